The summed E-state index contributed by atoms with van der Waals surface area (Å²) in [5.74, 6) is 6.55. The molecule has 0 unspecified atom stereocenters. The van der Waals surface area contributed by atoms with E-state index in [4.69, 9.17) is 10.8 Å². The lowest BCUT2D eigenvalue weighted by Crippen LogP contribution is -2.61. The van der Waals surface area contributed by atoms with Crippen LogP contribution in [0.1, 0.15) is 39.5 Å². The van der Waals surface area contributed by atoms with Crippen LogP contribution in [0, 0.1) is 0 Å². The number of aliphatic imine (C=N–C) groups is 1. The first-order valence-electron chi connectivity index (χ1n) is 7.03. The van der Waals surface area contributed by atoms with Crippen LogP contribution in [0.15, 0.2) is 4.99 Å². The highest BCUT2D eigenvalue weighted by Crippen LogP contribution is 2.22. The average molecular weight is 253 g/mol. The van der Waals surface area contributed by atoms with Crippen molar-refractivity contribution < 1.29 is 0 Å². The Bertz CT molecular complexity index is 307. The van der Waals surface area contributed by atoms with E-state index in [1.165, 1.54) is 25.7 Å². The summed E-state index contributed by atoms with van der Waals surface area (Å²) in [6.07, 6.45) is 5.03. The van der Waals surface area contributed by atoms with E-state index in [9.17, 15) is 0 Å². The summed E-state index contributed by atoms with van der Waals surface area (Å²) in [5, 5.41) is 0. The highest BCUT2D eigenvalue weighted by atomic mass is 15.4. The van der Waals surface area contributed by atoms with Crippen LogP contribution in [0.4, 0.5) is 0 Å². The molecular formula is C13H27N5. The lowest BCUT2D eigenvalue weighted by Gasteiger charge is -2.46. The number of hydrogen-bond donors (Lipinski definition) is 2. The van der Waals surface area contributed by atoms with E-state index in [0.29, 0.717) is 6.04 Å². The Morgan fingerprint density at radius 1 is 1.28 bits per heavy atom. The second-order valence-electron chi connectivity index (χ2n) is 6.19. The van der Waals surface area contributed by atoms with Crippen molar-refractivity contribution in [2.75, 3.05) is 26.7 Å². The molecule has 0 aromatic carbocycles. The zero-order chi connectivity index (χ0) is 13.2. The van der Waals surface area contributed by atoms with Gasteiger partial charge in [0.1, 0.15) is 0 Å². The van der Waals surface area contributed by atoms with Crippen molar-refractivity contribution >= 4 is 5.96 Å². The number of likely N-dealkylation sites (N-methyl/N-ethyl adjacent to an activating group) is 1. The summed E-state index contributed by atoms with van der Waals surface area (Å²) < 4.78 is 0. The van der Waals surface area contributed by atoms with Crippen molar-refractivity contribution in [2.24, 2.45) is 10.8 Å². The Balaban J connectivity index is 2.04. The molecule has 1 aliphatic carbocycles. The third kappa shape index (κ3) is 2.95. The molecule has 0 bridgehead atoms. The summed E-state index contributed by atoms with van der Waals surface area (Å²) in [7, 11) is 2.18. The molecule has 2 rings (SSSR count). The molecule has 1 heterocycles. The Kier molecular flexibility index (Phi) is 4.12. The molecular weight excluding hydrogens is 226 g/mol. The van der Waals surface area contributed by atoms with Gasteiger partial charge in [-0.15, -0.1) is 0 Å². The molecule has 1 aliphatic heterocycles. The number of rotatable bonds is 1. The van der Waals surface area contributed by atoms with Crippen molar-refractivity contribution in [3.05, 3.63) is 0 Å². The standard InChI is InChI=1S/C13H27N5/c1-13(2)10-18(9-8-17(13)3)12(16-14)15-11-6-4-5-7-11/h11H,4-10,14H2,1-3H3,(H,15,16). The van der Waals surface area contributed by atoms with Gasteiger partial charge in [-0.1, -0.05) is 12.8 Å². The first-order chi connectivity index (χ1) is 8.53. The SMILES string of the molecule is CN1CCN(C(=NC2CCCC2)NN)CC1(C)C. The molecule has 5 heteroatoms. The fourth-order valence-corrected chi connectivity index (χ4v) is 2.84. The van der Waals surface area contributed by atoms with Gasteiger partial charge in [-0.2, -0.15) is 0 Å². The van der Waals surface area contributed by atoms with Crippen LogP contribution >= 0.6 is 0 Å². The van der Waals surface area contributed by atoms with Gasteiger partial charge in [0.2, 0.25) is 5.96 Å². The van der Waals surface area contributed by atoms with Gasteiger partial charge in [0.15, 0.2) is 0 Å². The maximum absolute atomic E-state index is 5.67. The first-order valence-corrected chi connectivity index (χ1v) is 7.03. The smallest absolute Gasteiger partial charge is 0.208 e. The van der Waals surface area contributed by atoms with Crippen LogP contribution < -0.4 is 11.3 Å². The minimum Gasteiger partial charge on any atom is -0.339 e. The van der Waals surface area contributed by atoms with Crippen LogP contribution in [0.3, 0.4) is 0 Å². The van der Waals surface area contributed by atoms with Crippen molar-refractivity contribution in [1.82, 2.24) is 15.2 Å². The van der Waals surface area contributed by atoms with Crippen molar-refractivity contribution in [2.45, 2.75) is 51.1 Å². The third-order valence-corrected chi connectivity index (χ3v) is 4.37. The van der Waals surface area contributed by atoms with Gasteiger partial charge in [0.05, 0.1) is 6.04 Å². The van der Waals surface area contributed by atoms with Crippen LogP contribution in [0.2, 0.25) is 0 Å². The topological polar surface area (TPSA) is 56.9 Å². The fourth-order valence-electron chi connectivity index (χ4n) is 2.84. The lowest BCUT2D eigenvalue weighted by molar-refractivity contribution is 0.0724. The summed E-state index contributed by atoms with van der Waals surface area (Å²) in [5.41, 5.74) is 2.98. The molecule has 2 aliphatic rings. The maximum Gasteiger partial charge on any atom is 0.208 e. The maximum atomic E-state index is 5.67. The van der Waals surface area contributed by atoms with Gasteiger partial charge < -0.3 is 4.90 Å². The molecule has 3 N–H and O–H groups in total. The van der Waals surface area contributed by atoms with Gasteiger partial charge in [-0.05, 0) is 33.7 Å². The predicted octanol–water partition coefficient (Wildman–Crippen LogP) is 0.774. The number of hydrogen-bond acceptors (Lipinski definition) is 3. The first kappa shape index (κ1) is 13.6. The minimum absolute atomic E-state index is 0.172. The number of nitrogens with zero attached hydrogens (tertiary/aromatic N) is 3. The molecule has 1 saturated carbocycles. The number of hydrazine groups is 1. The number of nitrogens with two attached hydrogens (primary N) is 1. The Morgan fingerprint density at radius 3 is 2.50 bits per heavy atom. The number of guanidine groups is 1. The van der Waals surface area contributed by atoms with Crippen LogP contribution in [-0.4, -0.2) is 54.0 Å². The zero-order valence-corrected chi connectivity index (χ0v) is 11.9. The normalized spacial score (nSPS) is 26.7. The highest BCUT2D eigenvalue weighted by molar-refractivity contribution is 5.79. The van der Waals surface area contributed by atoms with Gasteiger partial charge in [0.25, 0.3) is 0 Å². The van der Waals surface area contributed by atoms with E-state index in [-0.39, 0.29) is 5.54 Å². The molecule has 0 aromatic heterocycles. The fraction of sp³-hybridized carbons (Fsp3) is 0.923. The quantitative estimate of drug-likeness (QED) is 0.314. The summed E-state index contributed by atoms with van der Waals surface area (Å²) in [4.78, 5) is 9.48. The molecule has 0 atom stereocenters. The summed E-state index contributed by atoms with van der Waals surface area (Å²) in [6, 6.07) is 0.471. The van der Waals surface area contributed by atoms with Crippen molar-refractivity contribution in [1.29, 1.82) is 0 Å². The summed E-state index contributed by atoms with van der Waals surface area (Å²) in [6.45, 7) is 7.55. The van der Waals surface area contributed by atoms with Gasteiger partial charge >= 0.3 is 0 Å². The lowest BCUT2D eigenvalue weighted by atomic mass is 10.00. The minimum atomic E-state index is 0.172. The Labute approximate surface area is 110 Å². The molecule has 2 fully saturated rings. The van der Waals surface area contributed by atoms with E-state index in [1.807, 2.05) is 0 Å². The molecule has 0 amide bonds. The monoisotopic (exact) mass is 253 g/mol. The molecule has 0 aromatic rings. The largest absolute Gasteiger partial charge is 0.339 e. The van der Waals surface area contributed by atoms with Crippen LogP contribution in [-0.2, 0) is 0 Å². The van der Waals surface area contributed by atoms with E-state index in [0.717, 1.165) is 25.6 Å². The highest BCUT2D eigenvalue weighted by Gasteiger charge is 2.32. The molecule has 0 radical (unpaired) electrons. The molecule has 5 nitrogen and oxygen atoms in total. The molecule has 1 saturated heterocycles. The van der Waals surface area contributed by atoms with Gasteiger partial charge in [0, 0.05) is 25.2 Å². The van der Waals surface area contributed by atoms with Crippen molar-refractivity contribution in [3.8, 4) is 0 Å². The van der Waals surface area contributed by atoms with Crippen LogP contribution in [0.5, 0.6) is 0 Å². The van der Waals surface area contributed by atoms with Crippen molar-refractivity contribution in [3.63, 3.8) is 0 Å². The average Bonchev–Trinajstić information content (AvgIpc) is 2.82. The zero-order valence-electron chi connectivity index (χ0n) is 11.9. The molecule has 18 heavy (non-hydrogen) atoms. The Morgan fingerprint density at radius 2 is 1.94 bits per heavy atom. The van der Waals surface area contributed by atoms with E-state index >= 15 is 0 Å². The molecule has 0 spiro atoms. The number of nitrogens with one attached hydrogen (secondary N) is 1. The van der Waals surface area contributed by atoms with Gasteiger partial charge in [-0.3, -0.25) is 10.3 Å². The van der Waals surface area contributed by atoms with Crippen LogP contribution in [0.25, 0.3) is 0 Å². The third-order valence-electron chi connectivity index (χ3n) is 4.37. The van der Waals surface area contributed by atoms with E-state index in [1.54, 1.807) is 0 Å². The number of piperazine rings is 1. The van der Waals surface area contributed by atoms with E-state index < -0.39 is 0 Å². The van der Waals surface area contributed by atoms with E-state index in [2.05, 4.69) is 36.1 Å². The Hall–Kier alpha value is -0.810. The van der Waals surface area contributed by atoms with Gasteiger partial charge in [-0.25, -0.2) is 10.8 Å². The summed E-state index contributed by atoms with van der Waals surface area (Å²) >= 11 is 0. The molecule has 104 valence electrons. The second kappa shape index (κ2) is 5.45. The second-order valence-corrected chi connectivity index (χ2v) is 6.19. The predicted molar refractivity (Wildman–Crippen MR) is 75.3 cm³/mol.